The molecule has 0 unspecified atom stereocenters. The summed E-state index contributed by atoms with van der Waals surface area (Å²) in [7, 11) is 0. The number of nitrogens with zero attached hydrogens (tertiary/aromatic N) is 2. The number of hydrogen-bond acceptors (Lipinski definition) is 2. The Morgan fingerprint density at radius 3 is 2.32 bits per heavy atom. The van der Waals surface area contributed by atoms with Gasteiger partial charge in [-0.3, -0.25) is 4.40 Å². The number of hydrogen-bond donors (Lipinski definition) is 0. The standard InChI is InChI=1S/C35H20N2S/c1-2-9-23-21(8-1)16-19-27-25-18-17-22(24-11-7-12-28-26-10-3-6-15-32(26)38-34(24)28)20-31(25)37-30-14-5-4-13-29(30)36-35(37)33(23)27/h1-20H. The minimum Gasteiger partial charge on any atom is -0.292 e. The lowest BCUT2D eigenvalue weighted by atomic mass is 9.97. The van der Waals surface area contributed by atoms with Crippen molar-refractivity contribution in [1.82, 2.24) is 9.38 Å². The minimum absolute atomic E-state index is 1.02. The smallest absolute Gasteiger partial charge is 0.147 e. The van der Waals surface area contributed by atoms with Crippen molar-refractivity contribution in [3.8, 4) is 11.1 Å². The molecule has 3 aromatic heterocycles. The molecule has 9 rings (SSSR count). The van der Waals surface area contributed by atoms with E-state index in [1.165, 1.54) is 63.7 Å². The van der Waals surface area contributed by atoms with Gasteiger partial charge < -0.3 is 0 Å². The van der Waals surface area contributed by atoms with Gasteiger partial charge in [-0.05, 0) is 51.6 Å². The average molecular weight is 501 g/mol. The Labute approximate surface area is 222 Å². The SMILES string of the molecule is c1ccc2c(c1)ccc1c3ccc(-c4cccc5c4sc4ccccc45)cc3n3c4ccccc4nc3c21. The monoisotopic (exact) mass is 500 g/mol. The van der Waals surface area contributed by atoms with Crippen LogP contribution in [0.2, 0.25) is 0 Å². The number of fused-ring (bicyclic) bond motifs is 13. The van der Waals surface area contributed by atoms with Gasteiger partial charge in [-0.15, -0.1) is 11.3 Å². The summed E-state index contributed by atoms with van der Waals surface area (Å²) in [5.74, 6) is 0. The molecule has 0 bridgehead atoms. The van der Waals surface area contributed by atoms with Crippen LogP contribution in [0.1, 0.15) is 0 Å². The van der Waals surface area contributed by atoms with E-state index in [0.29, 0.717) is 0 Å². The van der Waals surface area contributed by atoms with Crippen LogP contribution < -0.4 is 0 Å². The van der Waals surface area contributed by atoms with Crippen molar-refractivity contribution in [3.63, 3.8) is 0 Å². The molecule has 3 heterocycles. The molecule has 0 N–H and O–H groups in total. The van der Waals surface area contributed by atoms with E-state index in [-0.39, 0.29) is 0 Å². The number of para-hydroxylation sites is 2. The summed E-state index contributed by atoms with van der Waals surface area (Å²) in [6.07, 6.45) is 0. The molecular weight excluding hydrogens is 480 g/mol. The minimum atomic E-state index is 1.02. The maximum Gasteiger partial charge on any atom is 0.147 e. The summed E-state index contributed by atoms with van der Waals surface area (Å²) < 4.78 is 5.04. The third kappa shape index (κ3) is 2.64. The second-order valence-electron chi connectivity index (χ2n) is 9.98. The molecule has 0 aliphatic rings. The first-order valence-electron chi connectivity index (χ1n) is 12.9. The van der Waals surface area contributed by atoms with Crippen LogP contribution >= 0.6 is 11.3 Å². The van der Waals surface area contributed by atoms with Gasteiger partial charge >= 0.3 is 0 Å². The lowest BCUT2D eigenvalue weighted by molar-refractivity contribution is 1.32. The molecule has 0 saturated carbocycles. The van der Waals surface area contributed by atoms with Crippen LogP contribution in [0.4, 0.5) is 0 Å². The highest BCUT2D eigenvalue weighted by molar-refractivity contribution is 7.26. The van der Waals surface area contributed by atoms with Gasteiger partial charge in [0.25, 0.3) is 0 Å². The molecule has 176 valence electrons. The third-order valence-corrected chi connectivity index (χ3v) is 9.18. The largest absolute Gasteiger partial charge is 0.292 e. The first-order chi connectivity index (χ1) is 18.8. The third-order valence-electron chi connectivity index (χ3n) is 7.96. The quantitative estimate of drug-likeness (QED) is 0.205. The highest BCUT2D eigenvalue weighted by Crippen LogP contribution is 2.42. The first kappa shape index (κ1) is 20.3. The van der Waals surface area contributed by atoms with Gasteiger partial charge in [0, 0.05) is 30.9 Å². The predicted molar refractivity (Wildman–Crippen MR) is 164 cm³/mol. The number of benzene rings is 6. The molecule has 0 aliphatic carbocycles. The predicted octanol–water partition coefficient (Wildman–Crippen LogP) is 9.98. The summed E-state index contributed by atoms with van der Waals surface area (Å²) in [5, 5.41) is 8.84. The molecule has 0 amide bonds. The van der Waals surface area contributed by atoms with E-state index in [0.717, 1.165) is 16.7 Å². The van der Waals surface area contributed by atoms with Crippen LogP contribution in [0.15, 0.2) is 121 Å². The molecule has 3 heteroatoms. The number of pyridine rings is 1. The van der Waals surface area contributed by atoms with Crippen LogP contribution in [0.25, 0.3) is 80.4 Å². The summed E-state index contributed by atoms with van der Waals surface area (Å²) in [5.41, 5.74) is 6.87. The Morgan fingerprint density at radius 2 is 1.34 bits per heavy atom. The van der Waals surface area contributed by atoms with Gasteiger partial charge in [-0.25, -0.2) is 4.98 Å². The molecule has 0 radical (unpaired) electrons. The number of rotatable bonds is 1. The molecule has 9 aromatic rings. The van der Waals surface area contributed by atoms with Crippen molar-refractivity contribution in [2.75, 3.05) is 0 Å². The molecule has 6 aromatic carbocycles. The van der Waals surface area contributed by atoms with Crippen molar-refractivity contribution < 1.29 is 0 Å². The van der Waals surface area contributed by atoms with Gasteiger partial charge in [0.2, 0.25) is 0 Å². The average Bonchev–Trinajstić information content (AvgIpc) is 3.55. The number of aromatic nitrogens is 2. The Morgan fingerprint density at radius 1 is 0.553 bits per heavy atom. The van der Waals surface area contributed by atoms with Crippen molar-refractivity contribution in [1.29, 1.82) is 0 Å². The fraction of sp³-hybridized carbons (Fsp3) is 0. The van der Waals surface area contributed by atoms with Gasteiger partial charge in [0.1, 0.15) is 5.65 Å². The Kier molecular flexibility index (Phi) is 3.96. The van der Waals surface area contributed by atoms with Crippen LogP contribution in [0.3, 0.4) is 0 Å². The van der Waals surface area contributed by atoms with Crippen LogP contribution in [-0.4, -0.2) is 9.38 Å². The summed E-state index contributed by atoms with van der Waals surface area (Å²) in [6, 6.07) is 44.0. The molecule has 0 saturated heterocycles. The number of imidazole rings is 1. The van der Waals surface area contributed by atoms with E-state index in [1.54, 1.807) is 0 Å². The second-order valence-corrected chi connectivity index (χ2v) is 11.0. The topological polar surface area (TPSA) is 17.3 Å². The zero-order valence-corrected chi connectivity index (χ0v) is 21.2. The highest BCUT2D eigenvalue weighted by atomic mass is 32.1. The molecule has 0 atom stereocenters. The molecule has 0 aliphatic heterocycles. The molecule has 38 heavy (non-hydrogen) atoms. The molecule has 0 spiro atoms. The fourth-order valence-corrected chi connectivity index (χ4v) is 7.50. The zero-order valence-electron chi connectivity index (χ0n) is 20.3. The Hall–Kier alpha value is -4.73. The first-order valence-corrected chi connectivity index (χ1v) is 13.7. The van der Waals surface area contributed by atoms with E-state index in [9.17, 15) is 0 Å². The Bertz CT molecular complexity index is 2410. The maximum atomic E-state index is 5.19. The number of thiophene rings is 1. The normalized spacial score (nSPS) is 12.2. The molecular formula is C35H20N2S. The van der Waals surface area contributed by atoms with E-state index in [4.69, 9.17) is 4.98 Å². The van der Waals surface area contributed by atoms with E-state index < -0.39 is 0 Å². The lowest BCUT2D eigenvalue weighted by Crippen LogP contribution is -1.93. The van der Waals surface area contributed by atoms with E-state index >= 15 is 0 Å². The summed E-state index contributed by atoms with van der Waals surface area (Å²) in [6.45, 7) is 0. The van der Waals surface area contributed by atoms with Crippen LogP contribution in [0, 0.1) is 0 Å². The van der Waals surface area contributed by atoms with Crippen molar-refractivity contribution in [2.24, 2.45) is 0 Å². The van der Waals surface area contributed by atoms with Gasteiger partial charge in [0.15, 0.2) is 0 Å². The second kappa shape index (κ2) is 7.41. The summed E-state index contributed by atoms with van der Waals surface area (Å²) >= 11 is 1.88. The van der Waals surface area contributed by atoms with Gasteiger partial charge in [0.05, 0.1) is 16.6 Å². The van der Waals surface area contributed by atoms with Crippen LogP contribution in [0.5, 0.6) is 0 Å². The summed E-state index contributed by atoms with van der Waals surface area (Å²) in [4.78, 5) is 5.19. The van der Waals surface area contributed by atoms with Gasteiger partial charge in [-0.1, -0.05) is 97.1 Å². The maximum absolute atomic E-state index is 5.19. The van der Waals surface area contributed by atoms with Crippen LogP contribution in [-0.2, 0) is 0 Å². The van der Waals surface area contributed by atoms with Crippen molar-refractivity contribution >= 4 is 80.6 Å². The van der Waals surface area contributed by atoms with Crippen molar-refractivity contribution in [3.05, 3.63) is 121 Å². The van der Waals surface area contributed by atoms with E-state index in [2.05, 4.69) is 126 Å². The zero-order chi connectivity index (χ0) is 24.8. The highest BCUT2D eigenvalue weighted by Gasteiger charge is 2.17. The molecule has 0 fully saturated rings. The van der Waals surface area contributed by atoms with Crippen molar-refractivity contribution in [2.45, 2.75) is 0 Å². The van der Waals surface area contributed by atoms with Gasteiger partial charge in [-0.2, -0.15) is 0 Å². The van der Waals surface area contributed by atoms with E-state index in [1.807, 2.05) is 11.3 Å². The molecule has 2 nitrogen and oxygen atoms in total. The Balaban J connectivity index is 1.46. The lowest BCUT2D eigenvalue weighted by Gasteiger charge is -2.13. The fourth-order valence-electron chi connectivity index (χ4n) is 6.26.